The fraction of sp³-hybridized carbons (Fsp3) is 0.458. The first-order valence-corrected chi connectivity index (χ1v) is 10.7. The van der Waals surface area contributed by atoms with E-state index in [0.29, 0.717) is 5.92 Å². The Morgan fingerprint density at radius 3 is 1.94 bits per heavy atom. The van der Waals surface area contributed by atoms with Crippen molar-refractivity contribution in [2.45, 2.75) is 64.2 Å². The van der Waals surface area contributed by atoms with E-state index in [1.54, 1.807) is 12.1 Å². The summed E-state index contributed by atoms with van der Waals surface area (Å²) < 4.78 is 71.6. The molecule has 2 aromatic rings. The number of hydrogen-bond donors (Lipinski definition) is 0. The number of carbonyl (C=O) groups excluding carboxylic acids is 1. The van der Waals surface area contributed by atoms with Crippen LogP contribution in [0, 0.1) is 35.0 Å². The second kappa shape index (κ2) is 10.2. The van der Waals surface area contributed by atoms with E-state index in [0.717, 1.165) is 24.3 Å². The monoisotopic (exact) mass is 440 g/mol. The Bertz CT molecular complexity index is 890. The maximum Gasteiger partial charge on any atom is 0.343 e. The van der Waals surface area contributed by atoms with Gasteiger partial charge in [-0.1, -0.05) is 44.7 Å². The van der Waals surface area contributed by atoms with Crippen LogP contribution in [0.4, 0.5) is 22.0 Å². The van der Waals surface area contributed by atoms with Gasteiger partial charge in [0.1, 0.15) is 0 Å². The molecule has 0 aliphatic heterocycles. The molecule has 0 saturated heterocycles. The molecule has 0 aromatic heterocycles. The summed E-state index contributed by atoms with van der Waals surface area (Å²) in [5, 5.41) is 0. The average Bonchev–Trinajstić information content (AvgIpc) is 2.80. The molecule has 2 aromatic carbocycles. The normalized spacial score (nSPS) is 18.8. The van der Waals surface area contributed by atoms with Gasteiger partial charge >= 0.3 is 5.97 Å². The van der Waals surface area contributed by atoms with Gasteiger partial charge in [-0.15, -0.1) is 0 Å². The quantitative estimate of drug-likeness (QED) is 0.112. The molecule has 1 aliphatic carbocycles. The molecule has 3 rings (SSSR count). The zero-order valence-corrected chi connectivity index (χ0v) is 17.3. The maximum atomic E-state index is 13.7. The molecular formula is C24H25F5O2. The summed E-state index contributed by atoms with van der Waals surface area (Å²) in [7, 11) is 0. The molecule has 0 heterocycles. The highest BCUT2D eigenvalue weighted by Gasteiger charge is 2.29. The van der Waals surface area contributed by atoms with E-state index >= 15 is 0 Å². The SMILES string of the molecule is CCCCCC1CCC(c2ccc(C(=O)Oc3c(F)c(F)c(F)c(F)c3F)cc2)CC1. The van der Waals surface area contributed by atoms with Crippen LogP contribution in [0.2, 0.25) is 0 Å². The molecule has 0 unspecified atom stereocenters. The second-order valence-corrected chi connectivity index (χ2v) is 8.12. The van der Waals surface area contributed by atoms with Gasteiger partial charge in [0.2, 0.25) is 34.8 Å². The molecule has 0 spiro atoms. The van der Waals surface area contributed by atoms with Gasteiger partial charge in [0, 0.05) is 0 Å². The zero-order chi connectivity index (χ0) is 22.5. The fourth-order valence-corrected chi connectivity index (χ4v) is 4.18. The smallest absolute Gasteiger partial charge is 0.343 e. The first-order chi connectivity index (χ1) is 14.8. The molecular weight excluding hydrogens is 415 g/mol. The largest absolute Gasteiger partial charge is 0.416 e. The molecule has 0 bridgehead atoms. The Morgan fingerprint density at radius 1 is 0.839 bits per heavy atom. The lowest BCUT2D eigenvalue weighted by molar-refractivity contribution is 0.0716. The molecule has 0 atom stereocenters. The molecule has 2 nitrogen and oxygen atoms in total. The minimum absolute atomic E-state index is 0.0408. The lowest BCUT2D eigenvalue weighted by Crippen LogP contribution is -2.15. The van der Waals surface area contributed by atoms with Crippen molar-refractivity contribution in [3.05, 3.63) is 64.5 Å². The number of ether oxygens (including phenoxy) is 1. The molecule has 0 radical (unpaired) electrons. The summed E-state index contributed by atoms with van der Waals surface area (Å²) >= 11 is 0. The number of carbonyl (C=O) groups is 1. The highest BCUT2D eigenvalue weighted by Crippen LogP contribution is 2.38. The van der Waals surface area contributed by atoms with Crippen molar-refractivity contribution in [2.24, 2.45) is 5.92 Å². The fourth-order valence-electron chi connectivity index (χ4n) is 4.18. The van der Waals surface area contributed by atoms with Crippen LogP contribution in [0.3, 0.4) is 0 Å². The topological polar surface area (TPSA) is 26.3 Å². The molecule has 31 heavy (non-hydrogen) atoms. The van der Waals surface area contributed by atoms with Crippen LogP contribution < -0.4 is 4.74 Å². The van der Waals surface area contributed by atoms with E-state index in [9.17, 15) is 26.7 Å². The van der Waals surface area contributed by atoms with E-state index in [1.807, 2.05) is 0 Å². The van der Waals surface area contributed by atoms with Crippen LogP contribution in [0.1, 0.15) is 80.1 Å². The van der Waals surface area contributed by atoms with Gasteiger partial charge in [-0.25, -0.2) is 18.0 Å². The van der Waals surface area contributed by atoms with Gasteiger partial charge in [-0.2, -0.15) is 8.78 Å². The number of halogens is 5. The maximum absolute atomic E-state index is 13.7. The summed E-state index contributed by atoms with van der Waals surface area (Å²) in [5.74, 6) is -12.7. The summed E-state index contributed by atoms with van der Waals surface area (Å²) in [4.78, 5) is 12.2. The van der Waals surface area contributed by atoms with Gasteiger partial charge in [-0.05, 0) is 55.2 Å². The first kappa shape index (κ1) is 23.2. The Labute approximate surface area is 178 Å². The highest BCUT2D eigenvalue weighted by molar-refractivity contribution is 5.91. The van der Waals surface area contributed by atoms with Crippen molar-refractivity contribution >= 4 is 5.97 Å². The third-order valence-electron chi connectivity index (χ3n) is 6.04. The molecule has 1 saturated carbocycles. The summed E-state index contributed by atoms with van der Waals surface area (Å²) in [6.45, 7) is 2.19. The lowest BCUT2D eigenvalue weighted by Gasteiger charge is -2.29. The summed E-state index contributed by atoms with van der Waals surface area (Å²) in [6.07, 6.45) is 9.47. The van der Waals surface area contributed by atoms with Crippen LogP contribution in [-0.2, 0) is 0 Å². The number of benzene rings is 2. The number of unbranched alkanes of at least 4 members (excludes halogenated alkanes) is 2. The Hall–Kier alpha value is -2.44. The molecule has 1 fully saturated rings. The molecule has 7 heteroatoms. The van der Waals surface area contributed by atoms with Crippen molar-refractivity contribution in [1.82, 2.24) is 0 Å². The van der Waals surface area contributed by atoms with Crippen LogP contribution >= 0.6 is 0 Å². The second-order valence-electron chi connectivity index (χ2n) is 8.12. The van der Waals surface area contributed by atoms with Gasteiger partial charge in [0.15, 0.2) is 0 Å². The van der Waals surface area contributed by atoms with Crippen molar-refractivity contribution in [1.29, 1.82) is 0 Å². The predicted molar refractivity (Wildman–Crippen MR) is 106 cm³/mol. The van der Waals surface area contributed by atoms with Crippen molar-refractivity contribution < 1.29 is 31.5 Å². The molecule has 0 amide bonds. The third kappa shape index (κ3) is 5.25. The minimum atomic E-state index is -2.31. The Morgan fingerprint density at radius 2 is 1.39 bits per heavy atom. The van der Waals surface area contributed by atoms with Crippen molar-refractivity contribution in [3.8, 4) is 5.75 Å². The van der Waals surface area contributed by atoms with Crippen LogP contribution in [0.15, 0.2) is 24.3 Å². The van der Waals surface area contributed by atoms with Gasteiger partial charge in [0.05, 0.1) is 5.56 Å². The lowest BCUT2D eigenvalue weighted by atomic mass is 9.77. The predicted octanol–water partition coefficient (Wildman–Crippen LogP) is 7.46. The van der Waals surface area contributed by atoms with Gasteiger partial charge < -0.3 is 4.74 Å². The minimum Gasteiger partial charge on any atom is -0.416 e. The van der Waals surface area contributed by atoms with Crippen LogP contribution in [-0.4, -0.2) is 5.97 Å². The van der Waals surface area contributed by atoms with E-state index in [4.69, 9.17) is 0 Å². The Balaban J connectivity index is 1.63. The molecule has 0 N–H and O–H groups in total. The van der Waals surface area contributed by atoms with Gasteiger partial charge in [-0.3, -0.25) is 0 Å². The van der Waals surface area contributed by atoms with E-state index < -0.39 is 40.8 Å². The van der Waals surface area contributed by atoms with E-state index in [2.05, 4.69) is 11.7 Å². The molecule has 1 aliphatic rings. The Kier molecular flexibility index (Phi) is 7.68. The summed E-state index contributed by atoms with van der Waals surface area (Å²) in [6, 6.07) is 6.38. The van der Waals surface area contributed by atoms with E-state index in [1.165, 1.54) is 50.7 Å². The number of rotatable bonds is 7. The molecule has 168 valence electrons. The first-order valence-electron chi connectivity index (χ1n) is 10.7. The third-order valence-corrected chi connectivity index (χ3v) is 6.04. The van der Waals surface area contributed by atoms with Crippen LogP contribution in [0.5, 0.6) is 5.75 Å². The summed E-state index contributed by atoms with van der Waals surface area (Å²) in [5.41, 5.74) is 1.01. The van der Waals surface area contributed by atoms with Gasteiger partial charge in [0.25, 0.3) is 0 Å². The zero-order valence-electron chi connectivity index (χ0n) is 17.3. The van der Waals surface area contributed by atoms with Crippen molar-refractivity contribution in [3.63, 3.8) is 0 Å². The average molecular weight is 440 g/mol. The standard InChI is InChI=1S/C24H25F5O2/c1-2-3-4-5-14-6-8-15(9-7-14)16-10-12-17(13-11-16)24(30)31-23-21(28)19(26)18(25)20(27)22(23)29/h10-15H,2-9H2,1H3. The highest BCUT2D eigenvalue weighted by atomic mass is 19.2. The van der Waals surface area contributed by atoms with Crippen LogP contribution in [0.25, 0.3) is 0 Å². The van der Waals surface area contributed by atoms with E-state index in [-0.39, 0.29) is 5.56 Å². The van der Waals surface area contributed by atoms with Crippen molar-refractivity contribution in [2.75, 3.05) is 0 Å². The number of esters is 1. The number of hydrogen-bond acceptors (Lipinski definition) is 2.